The van der Waals surface area contributed by atoms with Gasteiger partial charge in [-0.3, -0.25) is 0 Å². The van der Waals surface area contributed by atoms with Crippen LogP contribution >= 0.6 is 12.4 Å². The van der Waals surface area contributed by atoms with Gasteiger partial charge in [0.15, 0.2) is 0 Å². The van der Waals surface area contributed by atoms with Crippen LogP contribution in [0, 0.1) is 0 Å². The van der Waals surface area contributed by atoms with Crippen molar-refractivity contribution in [1.82, 2.24) is 5.01 Å². The van der Waals surface area contributed by atoms with Gasteiger partial charge in [0.05, 0.1) is 6.61 Å². The Balaban J connectivity index is 0.00000529. The van der Waals surface area contributed by atoms with E-state index in [0.717, 1.165) is 16.6 Å². The lowest BCUT2D eigenvalue weighted by Gasteiger charge is -2.23. The van der Waals surface area contributed by atoms with Crippen LogP contribution in [0.4, 0.5) is 4.79 Å². The minimum absolute atomic E-state index is 0. The van der Waals surface area contributed by atoms with Gasteiger partial charge >= 0.3 is 12.1 Å². The van der Waals surface area contributed by atoms with E-state index in [4.69, 9.17) is 15.3 Å². The molecule has 6 nitrogen and oxygen atoms in total. The van der Waals surface area contributed by atoms with Gasteiger partial charge in [-0.05, 0) is 18.5 Å². The summed E-state index contributed by atoms with van der Waals surface area (Å²) in [5.74, 6) is 5.08. The number of amides is 1. The molecule has 0 saturated heterocycles. The van der Waals surface area contributed by atoms with E-state index in [9.17, 15) is 9.59 Å². The molecule has 0 fully saturated rings. The third-order valence-corrected chi connectivity index (χ3v) is 4.97. The highest BCUT2D eigenvalue weighted by Gasteiger charge is 2.26. The van der Waals surface area contributed by atoms with Crippen LogP contribution in [0.15, 0.2) is 30.3 Å². The van der Waals surface area contributed by atoms with E-state index < -0.39 is 26.2 Å². The molecule has 0 aromatic heterocycles. The van der Waals surface area contributed by atoms with Gasteiger partial charge in [0.2, 0.25) is 0 Å². The lowest BCUT2D eigenvalue weighted by Crippen LogP contribution is -2.49. The van der Waals surface area contributed by atoms with Crippen LogP contribution < -0.4 is 5.84 Å². The number of carbonyl (C=O) groups excluding carboxylic acids is 2. The third-order valence-electron chi connectivity index (χ3n) is 3.27. The Bertz CT molecular complexity index is 523. The van der Waals surface area contributed by atoms with E-state index in [0.29, 0.717) is 6.61 Å². The zero-order chi connectivity index (χ0) is 17.5. The van der Waals surface area contributed by atoms with Crippen molar-refractivity contribution in [2.45, 2.75) is 45.3 Å². The summed E-state index contributed by atoms with van der Waals surface area (Å²) >= 11 is 0. The summed E-state index contributed by atoms with van der Waals surface area (Å²) in [7, 11) is -1.29. The van der Waals surface area contributed by atoms with Gasteiger partial charge in [-0.25, -0.2) is 20.4 Å². The SMILES string of the molecule is C[C@H](C(=O)OCc1ccccc1)N(N)C(=O)OCC[Si](C)(C)C.Cl. The number of benzene rings is 1. The van der Waals surface area contributed by atoms with E-state index in [1.807, 2.05) is 30.3 Å². The van der Waals surface area contributed by atoms with Crippen molar-refractivity contribution >= 4 is 32.5 Å². The van der Waals surface area contributed by atoms with Crippen LogP contribution in [0.5, 0.6) is 0 Å². The lowest BCUT2D eigenvalue weighted by molar-refractivity contribution is -0.150. The van der Waals surface area contributed by atoms with Crippen LogP contribution in [0.25, 0.3) is 0 Å². The number of ether oxygens (including phenoxy) is 2. The molecule has 2 N–H and O–H groups in total. The molecule has 8 heteroatoms. The summed E-state index contributed by atoms with van der Waals surface area (Å²) in [6.07, 6.45) is -0.715. The molecule has 1 aromatic carbocycles. The van der Waals surface area contributed by atoms with E-state index in [2.05, 4.69) is 19.6 Å². The van der Waals surface area contributed by atoms with Gasteiger partial charge in [0.1, 0.15) is 12.6 Å². The number of rotatable bonds is 7. The standard InChI is InChI=1S/C16H26N2O4Si.ClH/c1-13(15(19)22-12-14-8-6-5-7-9-14)18(17)16(20)21-10-11-23(2,3)4;/h5-9,13H,10-12,17H2,1-4H3;1H/t13-;/m1./s1. The van der Waals surface area contributed by atoms with E-state index >= 15 is 0 Å². The van der Waals surface area contributed by atoms with Crippen LogP contribution in [0.2, 0.25) is 25.7 Å². The van der Waals surface area contributed by atoms with Crippen LogP contribution in [0.1, 0.15) is 12.5 Å². The maximum atomic E-state index is 12.0. The zero-order valence-electron chi connectivity index (χ0n) is 14.7. The van der Waals surface area contributed by atoms with E-state index in [-0.39, 0.29) is 19.0 Å². The molecular weight excluding hydrogens is 348 g/mol. The first-order chi connectivity index (χ1) is 10.7. The summed E-state index contributed by atoms with van der Waals surface area (Å²) in [4.78, 5) is 23.8. The van der Waals surface area contributed by atoms with Gasteiger partial charge < -0.3 is 9.47 Å². The molecule has 0 spiro atoms. The number of hydrazine groups is 1. The van der Waals surface area contributed by atoms with Gasteiger partial charge in [0.25, 0.3) is 0 Å². The molecule has 1 atom stereocenters. The summed E-state index contributed by atoms with van der Waals surface area (Å²) in [5, 5.41) is 0.775. The quantitative estimate of drug-likeness (QED) is 0.260. The Morgan fingerprint density at radius 1 is 1.17 bits per heavy atom. The largest absolute Gasteiger partial charge is 0.459 e. The summed E-state index contributed by atoms with van der Waals surface area (Å²) in [5.41, 5.74) is 0.870. The first-order valence-corrected chi connectivity index (χ1v) is 11.3. The van der Waals surface area contributed by atoms with Crippen molar-refractivity contribution in [2.24, 2.45) is 5.84 Å². The number of nitrogens with two attached hydrogens (primary N) is 1. The molecule has 0 aliphatic heterocycles. The smallest absolute Gasteiger partial charge is 0.424 e. The average Bonchev–Trinajstić information content (AvgIpc) is 2.50. The van der Waals surface area contributed by atoms with Gasteiger partial charge in [-0.2, -0.15) is 0 Å². The van der Waals surface area contributed by atoms with Crippen LogP contribution in [0.3, 0.4) is 0 Å². The first kappa shape index (κ1) is 22.4. The van der Waals surface area contributed by atoms with Crippen molar-refractivity contribution in [3.05, 3.63) is 35.9 Å². The highest BCUT2D eigenvalue weighted by Crippen LogP contribution is 2.09. The highest BCUT2D eigenvalue weighted by atomic mass is 35.5. The molecule has 1 aromatic rings. The second-order valence-electron chi connectivity index (χ2n) is 6.60. The summed E-state index contributed by atoms with van der Waals surface area (Å²) in [6, 6.07) is 9.24. The zero-order valence-corrected chi connectivity index (χ0v) is 16.5. The molecule has 0 unspecified atom stereocenters. The van der Waals surface area contributed by atoms with Gasteiger partial charge in [0, 0.05) is 8.07 Å². The number of carbonyl (C=O) groups is 2. The molecule has 0 aliphatic carbocycles. The topological polar surface area (TPSA) is 81.9 Å². The Morgan fingerprint density at radius 2 is 1.75 bits per heavy atom. The fraction of sp³-hybridized carbons (Fsp3) is 0.500. The fourth-order valence-electron chi connectivity index (χ4n) is 1.64. The summed E-state index contributed by atoms with van der Waals surface area (Å²) in [6.45, 7) is 8.52. The molecule has 0 bridgehead atoms. The van der Waals surface area contributed by atoms with Crippen molar-refractivity contribution in [1.29, 1.82) is 0 Å². The van der Waals surface area contributed by atoms with Gasteiger partial charge in [-0.15, -0.1) is 12.4 Å². The van der Waals surface area contributed by atoms with Crippen LogP contribution in [-0.2, 0) is 20.9 Å². The Kier molecular flexibility index (Phi) is 9.65. The van der Waals surface area contributed by atoms with E-state index in [1.165, 1.54) is 6.92 Å². The first-order valence-electron chi connectivity index (χ1n) is 7.62. The molecule has 1 rings (SSSR count). The Hall–Kier alpha value is -1.57. The minimum Gasteiger partial charge on any atom is -0.459 e. The predicted octanol–water partition coefficient (Wildman–Crippen LogP) is 3.19. The van der Waals surface area contributed by atoms with Crippen molar-refractivity contribution in [3.8, 4) is 0 Å². The molecular formula is C16H27ClN2O4Si. The second kappa shape index (κ2) is 10.3. The number of esters is 1. The molecule has 1 amide bonds. The monoisotopic (exact) mass is 374 g/mol. The Morgan fingerprint density at radius 3 is 2.29 bits per heavy atom. The predicted molar refractivity (Wildman–Crippen MR) is 98.5 cm³/mol. The van der Waals surface area contributed by atoms with Crippen molar-refractivity contribution in [3.63, 3.8) is 0 Å². The fourth-order valence-corrected chi connectivity index (χ4v) is 2.35. The molecule has 0 heterocycles. The number of nitrogens with zero attached hydrogens (tertiary/aromatic N) is 1. The molecule has 136 valence electrons. The van der Waals surface area contributed by atoms with Crippen LogP contribution in [-0.4, -0.2) is 37.8 Å². The number of halogens is 1. The second-order valence-corrected chi connectivity index (χ2v) is 12.2. The molecule has 0 aliphatic rings. The Labute approximate surface area is 150 Å². The van der Waals surface area contributed by atoms with Crippen molar-refractivity contribution < 1.29 is 19.1 Å². The molecule has 24 heavy (non-hydrogen) atoms. The summed E-state index contributed by atoms with van der Waals surface area (Å²) < 4.78 is 10.3. The number of hydrogen-bond donors (Lipinski definition) is 1. The lowest BCUT2D eigenvalue weighted by atomic mass is 10.2. The third kappa shape index (κ3) is 8.33. The number of hydrogen-bond acceptors (Lipinski definition) is 5. The minimum atomic E-state index is -1.29. The maximum Gasteiger partial charge on any atom is 0.424 e. The van der Waals surface area contributed by atoms with Crippen molar-refractivity contribution in [2.75, 3.05) is 6.61 Å². The highest BCUT2D eigenvalue weighted by molar-refractivity contribution is 6.76. The molecule has 0 saturated carbocycles. The van der Waals surface area contributed by atoms with Gasteiger partial charge in [-0.1, -0.05) is 50.0 Å². The normalized spacial score (nSPS) is 11.9. The molecule has 0 radical (unpaired) electrons. The maximum absolute atomic E-state index is 12.0. The average molecular weight is 375 g/mol. The van der Waals surface area contributed by atoms with E-state index in [1.54, 1.807) is 0 Å².